The van der Waals surface area contributed by atoms with E-state index in [1.165, 1.54) is 0 Å². The van der Waals surface area contributed by atoms with E-state index in [4.69, 9.17) is 0 Å². The van der Waals surface area contributed by atoms with Crippen LogP contribution in [0.3, 0.4) is 0 Å². The molecule has 0 unspecified atom stereocenters. The van der Waals surface area contributed by atoms with Gasteiger partial charge in [0.1, 0.15) is 0 Å². The van der Waals surface area contributed by atoms with Crippen LogP contribution in [0, 0.1) is 13.8 Å². The van der Waals surface area contributed by atoms with Gasteiger partial charge in [0.05, 0.1) is 0 Å². The van der Waals surface area contributed by atoms with Crippen molar-refractivity contribution in [3.63, 3.8) is 0 Å². The summed E-state index contributed by atoms with van der Waals surface area (Å²) in [4.78, 5) is 30.2. The quantitative estimate of drug-likeness (QED) is 0.769. The molecule has 0 aliphatic heterocycles. The molecule has 1 aromatic heterocycles. The van der Waals surface area contributed by atoms with E-state index in [0.29, 0.717) is 12.1 Å². The minimum absolute atomic E-state index is 0.0225. The smallest absolute Gasteiger partial charge is 0.223 e. The third kappa shape index (κ3) is 4.74. The highest BCUT2D eigenvalue weighted by Gasteiger charge is 2.14. The number of Topliss-reactive ketones (excluding diaryl/α,β-unsaturated/α-hetero) is 1. The number of rotatable bonds is 6. The fraction of sp³-hybridized carbons (Fsp3) is 0.316. The van der Waals surface area contributed by atoms with Crippen molar-refractivity contribution in [1.29, 1.82) is 0 Å². The molecule has 1 heterocycles. The van der Waals surface area contributed by atoms with Crippen LogP contribution in [0.5, 0.6) is 0 Å². The number of aryl methyl sites for hydroxylation is 2. The van der Waals surface area contributed by atoms with E-state index in [2.05, 4.69) is 4.98 Å². The van der Waals surface area contributed by atoms with Gasteiger partial charge in [-0.2, -0.15) is 0 Å². The number of hydrogen-bond acceptors (Lipinski definition) is 3. The number of aromatic nitrogens is 1. The number of pyridine rings is 1. The first-order valence-corrected chi connectivity index (χ1v) is 7.70. The number of carbonyl (C=O) groups is 2. The second-order valence-corrected chi connectivity index (χ2v) is 5.85. The van der Waals surface area contributed by atoms with E-state index in [9.17, 15) is 9.59 Å². The van der Waals surface area contributed by atoms with Gasteiger partial charge in [-0.05, 0) is 37.1 Å². The summed E-state index contributed by atoms with van der Waals surface area (Å²) in [6.07, 6.45) is 3.91. The third-order valence-corrected chi connectivity index (χ3v) is 3.83. The first-order valence-electron chi connectivity index (χ1n) is 7.70. The highest BCUT2D eigenvalue weighted by molar-refractivity contribution is 5.99. The average molecular weight is 310 g/mol. The van der Waals surface area contributed by atoms with Crippen molar-refractivity contribution >= 4 is 11.7 Å². The molecule has 0 bridgehead atoms. The van der Waals surface area contributed by atoms with E-state index in [-0.39, 0.29) is 24.5 Å². The fourth-order valence-corrected chi connectivity index (χ4v) is 2.44. The van der Waals surface area contributed by atoms with Gasteiger partial charge in [-0.15, -0.1) is 0 Å². The molecule has 0 spiro atoms. The highest BCUT2D eigenvalue weighted by Crippen LogP contribution is 2.14. The van der Waals surface area contributed by atoms with Gasteiger partial charge in [0, 0.05) is 44.4 Å². The van der Waals surface area contributed by atoms with Gasteiger partial charge < -0.3 is 4.90 Å². The van der Waals surface area contributed by atoms with Crippen LogP contribution in [-0.4, -0.2) is 28.6 Å². The van der Waals surface area contributed by atoms with Crippen molar-refractivity contribution in [3.8, 4) is 0 Å². The van der Waals surface area contributed by atoms with E-state index < -0.39 is 0 Å². The number of ketones is 1. The number of amides is 1. The number of hydrogen-bond donors (Lipinski definition) is 0. The molecule has 0 saturated heterocycles. The normalized spacial score (nSPS) is 10.4. The molecule has 0 atom stereocenters. The monoisotopic (exact) mass is 310 g/mol. The molecule has 2 aromatic rings. The lowest BCUT2D eigenvalue weighted by Crippen LogP contribution is -2.26. The maximum Gasteiger partial charge on any atom is 0.223 e. The number of nitrogens with zero attached hydrogens (tertiary/aromatic N) is 2. The molecule has 0 radical (unpaired) electrons. The molecule has 120 valence electrons. The van der Waals surface area contributed by atoms with Crippen LogP contribution in [0.15, 0.2) is 42.7 Å². The van der Waals surface area contributed by atoms with Gasteiger partial charge >= 0.3 is 0 Å². The Hall–Kier alpha value is -2.49. The Labute approximate surface area is 137 Å². The third-order valence-electron chi connectivity index (χ3n) is 3.83. The zero-order valence-corrected chi connectivity index (χ0v) is 13.9. The fourth-order valence-electron chi connectivity index (χ4n) is 2.44. The molecule has 0 saturated carbocycles. The largest absolute Gasteiger partial charge is 0.341 e. The second-order valence-electron chi connectivity index (χ2n) is 5.85. The summed E-state index contributed by atoms with van der Waals surface area (Å²) in [5.41, 5.74) is 3.70. The van der Waals surface area contributed by atoms with Crippen molar-refractivity contribution in [3.05, 3.63) is 65.0 Å². The number of carbonyl (C=O) groups excluding carboxylic acids is 2. The maximum atomic E-state index is 12.3. The Kier molecular flexibility index (Phi) is 5.63. The van der Waals surface area contributed by atoms with Crippen molar-refractivity contribution in [2.45, 2.75) is 33.2 Å². The van der Waals surface area contributed by atoms with Gasteiger partial charge in [0.15, 0.2) is 5.78 Å². The Morgan fingerprint density at radius 3 is 2.61 bits per heavy atom. The lowest BCUT2D eigenvalue weighted by Gasteiger charge is -2.17. The van der Waals surface area contributed by atoms with Crippen LogP contribution in [0.25, 0.3) is 0 Å². The molecule has 2 rings (SSSR count). The lowest BCUT2D eigenvalue weighted by atomic mass is 9.99. The van der Waals surface area contributed by atoms with Gasteiger partial charge in [-0.3, -0.25) is 14.6 Å². The van der Waals surface area contributed by atoms with Crippen LogP contribution in [0.4, 0.5) is 0 Å². The maximum absolute atomic E-state index is 12.3. The van der Waals surface area contributed by atoms with Gasteiger partial charge in [0.25, 0.3) is 0 Å². The summed E-state index contributed by atoms with van der Waals surface area (Å²) >= 11 is 0. The summed E-state index contributed by atoms with van der Waals surface area (Å²) in [5.74, 6) is -0.0122. The van der Waals surface area contributed by atoms with Crippen LogP contribution in [0.1, 0.15) is 39.9 Å². The molecule has 0 aliphatic carbocycles. The average Bonchev–Trinajstić information content (AvgIpc) is 2.55. The first-order chi connectivity index (χ1) is 11.0. The molecule has 1 aromatic carbocycles. The van der Waals surface area contributed by atoms with Crippen LogP contribution in [0.2, 0.25) is 0 Å². The number of benzene rings is 1. The van der Waals surface area contributed by atoms with E-state index in [1.54, 1.807) is 24.3 Å². The van der Waals surface area contributed by atoms with Crippen molar-refractivity contribution < 1.29 is 9.59 Å². The minimum atomic E-state index is -0.0347. The zero-order valence-electron chi connectivity index (χ0n) is 13.9. The molecule has 0 fully saturated rings. The highest BCUT2D eigenvalue weighted by atomic mass is 16.2. The molecule has 23 heavy (non-hydrogen) atoms. The Balaban J connectivity index is 1.90. The predicted molar refractivity (Wildman–Crippen MR) is 90.2 cm³/mol. The van der Waals surface area contributed by atoms with E-state index in [0.717, 1.165) is 16.7 Å². The topological polar surface area (TPSA) is 50.3 Å². The molecular weight excluding hydrogens is 288 g/mol. The standard InChI is InChI=1S/C19H22N2O2/c1-14-6-7-15(2)17(11-14)18(22)8-9-19(23)21(3)13-16-5-4-10-20-12-16/h4-7,10-12H,8-9,13H2,1-3H3. The van der Waals surface area contributed by atoms with Gasteiger partial charge in [0.2, 0.25) is 5.91 Å². The van der Waals surface area contributed by atoms with Crippen molar-refractivity contribution in [2.75, 3.05) is 7.05 Å². The molecule has 0 N–H and O–H groups in total. The van der Waals surface area contributed by atoms with Crippen LogP contribution in [-0.2, 0) is 11.3 Å². The Morgan fingerprint density at radius 1 is 1.13 bits per heavy atom. The van der Waals surface area contributed by atoms with Crippen LogP contribution < -0.4 is 0 Å². The van der Waals surface area contributed by atoms with Crippen molar-refractivity contribution in [1.82, 2.24) is 9.88 Å². The van der Waals surface area contributed by atoms with E-state index >= 15 is 0 Å². The van der Waals surface area contributed by atoms with E-state index in [1.807, 2.05) is 44.2 Å². The minimum Gasteiger partial charge on any atom is -0.341 e. The predicted octanol–water partition coefficient (Wildman–Crippen LogP) is 3.32. The summed E-state index contributed by atoms with van der Waals surface area (Å²) in [6.45, 7) is 4.39. The molecular formula is C19H22N2O2. The van der Waals surface area contributed by atoms with Crippen molar-refractivity contribution in [2.24, 2.45) is 0 Å². The summed E-state index contributed by atoms with van der Waals surface area (Å²) in [5, 5.41) is 0. The molecule has 4 nitrogen and oxygen atoms in total. The second kappa shape index (κ2) is 7.68. The Morgan fingerprint density at radius 2 is 1.91 bits per heavy atom. The molecule has 0 aliphatic rings. The Bertz CT molecular complexity index is 696. The van der Waals surface area contributed by atoms with Crippen LogP contribution >= 0.6 is 0 Å². The summed E-state index contributed by atoms with van der Waals surface area (Å²) in [6, 6.07) is 9.59. The van der Waals surface area contributed by atoms with Gasteiger partial charge in [-0.25, -0.2) is 0 Å². The summed E-state index contributed by atoms with van der Waals surface area (Å²) in [7, 11) is 1.75. The lowest BCUT2D eigenvalue weighted by molar-refractivity contribution is -0.130. The van der Waals surface area contributed by atoms with Gasteiger partial charge in [-0.1, -0.05) is 23.8 Å². The SMILES string of the molecule is Cc1ccc(C)c(C(=O)CCC(=O)N(C)Cc2cccnc2)c1. The zero-order chi connectivity index (χ0) is 16.8. The summed E-state index contributed by atoms with van der Waals surface area (Å²) < 4.78 is 0. The molecule has 4 heteroatoms. The molecule has 1 amide bonds. The first kappa shape index (κ1) is 16.9.